The number of benzene rings is 3. The molecule has 6 heteroatoms. The van der Waals surface area contributed by atoms with Crippen LogP contribution in [0.1, 0.15) is 203 Å². The predicted octanol–water partition coefficient (Wildman–Crippen LogP) is 15.5. The minimum atomic E-state index is -0.250. The Bertz CT molecular complexity index is 1650. The van der Waals surface area contributed by atoms with Crippen LogP contribution in [-0.2, 0) is 15.7 Å². The molecule has 3 saturated carbocycles. The Morgan fingerprint density at radius 2 is 1.03 bits per heavy atom. The first-order valence-corrected chi connectivity index (χ1v) is 28.0. The Hall–Kier alpha value is -1.86. The first-order valence-electron chi connectivity index (χ1n) is 23.2. The normalized spacial score (nSPS) is 18.7. The van der Waals surface area contributed by atoms with E-state index in [1.807, 2.05) is 16.7 Å². The Kier molecular flexibility index (Phi) is 19.5. The summed E-state index contributed by atoms with van der Waals surface area (Å²) in [6.07, 6.45) is 27.4. The molecule has 0 bridgehead atoms. The van der Waals surface area contributed by atoms with Crippen molar-refractivity contribution in [3.05, 3.63) is 88.5 Å². The van der Waals surface area contributed by atoms with Crippen molar-refractivity contribution in [2.75, 3.05) is 18.0 Å². The van der Waals surface area contributed by atoms with Gasteiger partial charge in [-0.3, -0.25) is 0 Å². The molecule has 0 amide bonds. The van der Waals surface area contributed by atoms with Gasteiger partial charge < -0.3 is 9.48 Å². The second-order valence-electron chi connectivity index (χ2n) is 18.7. The summed E-state index contributed by atoms with van der Waals surface area (Å²) >= 11 is -0.250. The van der Waals surface area contributed by atoms with Crippen LogP contribution in [0.2, 0.25) is 0 Å². The quantitative estimate of drug-likeness (QED) is 0.0949. The number of aromatic hydroxyl groups is 1. The molecule has 321 valence electrons. The molecule has 3 nitrogen and oxygen atoms in total. The summed E-state index contributed by atoms with van der Waals surface area (Å²) in [4.78, 5) is 2.38. The first kappa shape index (κ1) is 47.2. The monoisotopic (exact) mass is 913 g/mol. The molecule has 0 aromatic heterocycles. The Labute approximate surface area is 367 Å². The average Bonchev–Trinajstić information content (AvgIpc) is 3.73. The molecule has 3 aliphatic carbocycles. The van der Waals surface area contributed by atoms with Crippen LogP contribution >= 0.6 is 17.6 Å². The zero-order chi connectivity index (χ0) is 41.6. The van der Waals surface area contributed by atoms with Crippen LogP contribution < -0.4 is 4.90 Å². The van der Waals surface area contributed by atoms with Crippen molar-refractivity contribution in [3.8, 4) is 5.75 Å². The molecule has 0 unspecified atom stereocenters. The molecule has 0 atom stereocenters. The van der Waals surface area contributed by atoms with Crippen molar-refractivity contribution in [2.45, 2.75) is 192 Å². The number of rotatable bonds is 10. The van der Waals surface area contributed by atoms with Gasteiger partial charge in [-0.25, -0.2) is 0 Å². The van der Waals surface area contributed by atoms with Crippen LogP contribution in [0.4, 0.5) is 11.4 Å². The number of para-hydroxylation sites is 3. The van der Waals surface area contributed by atoms with E-state index in [1.54, 1.807) is 89.2 Å². The molecule has 7 rings (SSSR count). The third kappa shape index (κ3) is 12.8. The van der Waals surface area contributed by atoms with Crippen molar-refractivity contribution in [3.63, 3.8) is 0 Å². The fraction of sp³-hybridized carbons (Fsp3) is 0.615. The van der Waals surface area contributed by atoms with Gasteiger partial charge in [-0.15, -0.1) is 0 Å². The summed E-state index contributed by atoms with van der Waals surface area (Å²) in [6, 6.07) is 20.7. The molecule has 0 saturated heterocycles. The topological polar surface area (TPSA) is 26.5 Å². The van der Waals surface area contributed by atoms with Gasteiger partial charge >= 0.3 is 70.7 Å². The van der Waals surface area contributed by atoms with E-state index in [1.165, 1.54) is 69.9 Å². The van der Waals surface area contributed by atoms with E-state index in [4.69, 9.17) is 14.8 Å². The number of phenolic OH excluding ortho intramolecular Hbond substituents is 1. The third-order valence-electron chi connectivity index (χ3n) is 13.1. The number of nitrogens with zero attached hydrogens (tertiary/aromatic N) is 2. The molecule has 0 radical (unpaired) electrons. The average molecular weight is 914 g/mol. The van der Waals surface area contributed by atoms with Crippen LogP contribution in [0.25, 0.3) is 0 Å². The maximum atomic E-state index is 9.17. The minimum absolute atomic E-state index is 0.250. The number of halogens is 1. The molecule has 1 N–H and O–H groups in total. The standard InChI is InChI=1S/C27H38N2.C18H33P.C7H6O.ClH.Ru/c1-18(2)22-11-9-12-23(19(3)4)26(22)28-15-16-29(17-28)27-24(20(5)6)13-10-14-25(27)21(7)8;1-4-10-16(11-5-1)19(17-12-6-2-7-13-17)18-14-8-3-9-15-18;1-6-4-2-3-5-7(6)8;;/h9-14,18-21H,15-16H2,1-8H3;16-18H,1-15H2;1-5,8H;1H;/q;;;;+1/p-1. The van der Waals surface area contributed by atoms with E-state index in [0.717, 1.165) is 18.7 Å². The molecule has 58 heavy (non-hydrogen) atoms. The van der Waals surface area contributed by atoms with Crippen LogP contribution in [0.3, 0.4) is 0 Å². The van der Waals surface area contributed by atoms with E-state index in [2.05, 4.69) is 108 Å². The number of anilines is 1. The molecule has 3 aromatic rings. The van der Waals surface area contributed by atoms with Gasteiger partial charge in [0.15, 0.2) is 0 Å². The molecular formula is C52H77ClN2OPRu. The molecule has 1 heterocycles. The number of phenols is 1. The summed E-state index contributed by atoms with van der Waals surface area (Å²) in [5.74, 6) is 2.28. The van der Waals surface area contributed by atoms with E-state index in [-0.39, 0.29) is 15.7 Å². The van der Waals surface area contributed by atoms with E-state index < -0.39 is 0 Å². The van der Waals surface area contributed by atoms with Crippen molar-refractivity contribution in [1.82, 2.24) is 0 Å². The zero-order valence-corrected chi connectivity index (χ0v) is 40.8. The summed E-state index contributed by atoms with van der Waals surface area (Å²) in [6.45, 7) is 20.3. The van der Waals surface area contributed by atoms with Gasteiger partial charge in [0.2, 0.25) is 6.34 Å². The zero-order valence-electron chi connectivity index (χ0n) is 37.4. The SMILES string of the molecule is C1CCC(P(C2CCCCC2)C2CCCCC2)CC1.CC(C)c1cccc(C(C)C)c1N1[C-]=[N+](c2c(C(C)C)cccc2C(C)C)CC1.Oc1ccccc1[CH]=[Ru][Cl]. The van der Waals surface area contributed by atoms with Crippen LogP contribution in [-0.4, -0.2) is 50.7 Å². The van der Waals surface area contributed by atoms with Crippen LogP contribution in [0, 0.1) is 0 Å². The summed E-state index contributed by atoms with van der Waals surface area (Å²) < 4.78 is 4.23. The Morgan fingerprint density at radius 3 is 1.43 bits per heavy atom. The second kappa shape index (κ2) is 24.0. The molecule has 3 aromatic carbocycles. The number of hydrogen-bond donors (Lipinski definition) is 1. The van der Waals surface area contributed by atoms with Gasteiger partial charge in [0.25, 0.3) is 0 Å². The second-order valence-corrected chi connectivity index (χ2v) is 23.5. The molecule has 3 fully saturated rings. The van der Waals surface area contributed by atoms with Gasteiger partial charge in [0, 0.05) is 11.4 Å². The predicted molar refractivity (Wildman–Crippen MR) is 253 cm³/mol. The third-order valence-corrected chi connectivity index (χ3v) is 18.4. The van der Waals surface area contributed by atoms with E-state index >= 15 is 0 Å². The molecule has 1 aliphatic heterocycles. The van der Waals surface area contributed by atoms with E-state index in [0.29, 0.717) is 37.3 Å². The van der Waals surface area contributed by atoms with Crippen LogP contribution in [0.15, 0.2) is 60.7 Å². The Balaban J connectivity index is 0.000000188. The fourth-order valence-corrected chi connectivity index (χ4v) is 15.9. The molecule has 4 aliphatic rings. The van der Waals surface area contributed by atoms with Gasteiger partial charge in [-0.1, -0.05) is 180 Å². The van der Waals surface area contributed by atoms with Crippen molar-refractivity contribution in [2.24, 2.45) is 0 Å². The summed E-state index contributed by atoms with van der Waals surface area (Å²) in [7, 11) is 5.92. The molecule has 0 spiro atoms. The first-order chi connectivity index (χ1) is 28.0. The van der Waals surface area contributed by atoms with Gasteiger partial charge in [0.1, 0.15) is 13.1 Å². The van der Waals surface area contributed by atoms with Gasteiger partial charge in [-0.05, 0) is 79.2 Å². The van der Waals surface area contributed by atoms with E-state index in [9.17, 15) is 0 Å². The van der Waals surface area contributed by atoms with Crippen molar-refractivity contribution >= 4 is 39.9 Å². The van der Waals surface area contributed by atoms with Gasteiger partial charge in [0.05, 0.1) is 0 Å². The summed E-state index contributed by atoms with van der Waals surface area (Å²) in [5, 5.41) is 9.17. The van der Waals surface area contributed by atoms with Crippen LogP contribution in [0.5, 0.6) is 5.75 Å². The number of hydrogen-bond acceptors (Lipinski definition) is 2. The van der Waals surface area contributed by atoms with Crippen molar-refractivity contribution < 1.29 is 25.4 Å². The van der Waals surface area contributed by atoms with Crippen molar-refractivity contribution in [1.29, 1.82) is 0 Å². The van der Waals surface area contributed by atoms with Gasteiger partial charge in [-0.2, -0.15) is 0 Å². The maximum absolute atomic E-state index is 9.17. The molecular weight excluding hydrogens is 836 g/mol. The fourth-order valence-electron chi connectivity index (χ4n) is 10.1. The summed E-state index contributed by atoms with van der Waals surface area (Å²) in [5.41, 5.74) is 12.8. The Morgan fingerprint density at radius 1 is 0.621 bits per heavy atom.